The quantitative estimate of drug-likeness (QED) is 0.571. The average molecular weight is 292 g/mol. The maximum absolute atomic E-state index is 5.85. The molecule has 0 saturated heterocycles. The first kappa shape index (κ1) is 13.9. The van der Waals surface area contributed by atoms with E-state index < -0.39 is 0 Å². The summed E-state index contributed by atoms with van der Waals surface area (Å²) < 4.78 is 5.32. The molecule has 0 aliphatic rings. The number of aromatic nitrogens is 1. The van der Waals surface area contributed by atoms with E-state index in [-0.39, 0.29) is 0 Å². The van der Waals surface area contributed by atoms with Crippen molar-refractivity contribution in [2.24, 2.45) is 10.7 Å². The molecule has 0 amide bonds. The second-order valence-electron chi connectivity index (χ2n) is 4.74. The number of anilines is 1. The third kappa shape index (κ3) is 3.52. The maximum atomic E-state index is 5.85. The van der Waals surface area contributed by atoms with Gasteiger partial charge in [-0.1, -0.05) is 53.7 Å². The second kappa shape index (κ2) is 6.58. The molecule has 110 valence electrons. The third-order valence-electron chi connectivity index (χ3n) is 3.07. The number of aliphatic imine (C=N–C) groups is 1. The van der Waals surface area contributed by atoms with Crippen molar-refractivity contribution in [1.82, 2.24) is 5.16 Å². The molecule has 0 aliphatic heterocycles. The van der Waals surface area contributed by atoms with Gasteiger partial charge in [0.25, 0.3) is 0 Å². The molecule has 3 N–H and O–H groups in total. The van der Waals surface area contributed by atoms with Crippen LogP contribution in [-0.4, -0.2) is 11.1 Å². The zero-order valence-electron chi connectivity index (χ0n) is 11.9. The second-order valence-corrected chi connectivity index (χ2v) is 4.74. The highest BCUT2D eigenvalue weighted by Gasteiger charge is 2.05. The topological polar surface area (TPSA) is 76.4 Å². The van der Waals surface area contributed by atoms with Crippen molar-refractivity contribution in [2.75, 3.05) is 5.32 Å². The minimum Gasteiger partial charge on any atom is -0.370 e. The highest BCUT2D eigenvalue weighted by Crippen LogP contribution is 2.19. The molecule has 5 nitrogen and oxygen atoms in total. The fourth-order valence-electron chi connectivity index (χ4n) is 2.00. The normalized spacial score (nSPS) is 11.4. The average Bonchev–Trinajstić information content (AvgIpc) is 3.04. The van der Waals surface area contributed by atoms with Gasteiger partial charge in [0, 0.05) is 17.3 Å². The Morgan fingerprint density at radius 2 is 1.73 bits per heavy atom. The van der Waals surface area contributed by atoms with Gasteiger partial charge in [0.15, 0.2) is 11.7 Å². The lowest BCUT2D eigenvalue weighted by molar-refractivity contribution is 0.424. The minimum absolute atomic E-state index is 0.343. The third-order valence-corrected chi connectivity index (χ3v) is 3.07. The van der Waals surface area contributed by atoms with E-state index in [0.717, 1.165) is 22.7 Å². The Morgan fingerprint density at radius 1 is 1.05 bits per heavy atom. The molecule has 3 rings (SSSR count). The molecule has 2 aromatic carbocycles. The van der Waals surface area contributed by atoms with Gasteiger partial charge in [0.2, 0.25) is 0 Å². The van der Waals surface area contributed by atoms with Gasteiger partial charge in [0.1, 0.15) is 5.69 Å². The number of nitrogens with zero attached hydrogens (tertiary/aromatic N) is 2. The molecule has 0 spiro atoms. The van der Waals surface area contributed by atoms with Gasteiger partial charge < -0.3 is 15.6 Å². The number of benzene rings is 2. The van der Waals surface area contributed by atoms with Crippen molar-refractivity contribution in [1.29, 1.82) is 0 Å². The van der Waals surface area contributed by atoms with Crippen molar-refractivity contribution in [3.8, 4) is 11.3 Å². The van der Waals surface area contributed by atoms with Crippen LogP contribution in [0.1, 0.15) is 5.69 Å². The molecule has 0 bridgehead atoms. The maximum Gasteiger partial charge on any atom is 0.193 e. The summed E-state index contributed by atoms with van der Waals surface area (Å²) in [7, 11) is 0. The summed E-state index contributed by atoms with van der Waals surface area (Å²) >= 11 is 0. The number of para-hydroxylation sites is 1. The molecule has 22 heavy (non-hydrogen) atoms. The van der Waals surface area contributed by atoms with Crippen LogP contribution in [0, 0.1) is 0 Å². The van der Waals surface area contributed by atoms with Gasteiger partial charge >= 0.3 is 0 Å². The van der Waals surface area contributed by atoms with E-state index in [1.165, 1.54) is 0 Å². The molecule has 0 radical (unpaired) electrons. The molecule has 5 heteroatoms. The van der Waals surface area contributed by atoms with E-state index in [1.54, 1.807) is 0 Å². The van der Waals surface area contributed by atoms with Crippen LogP contribution >= 0.6 is 0 Å². The molecular weight excluding hydrogens is 276 g/mol. The van der Waals surface area contributed by atoms with Gasteiger partial charge in [-0.3, -0.25) is 0 Å². The van der Waals surface area contributed by atoms with Gasteiger partial charge in [-0.05, 0) is 12.1 Å². The Hall–Kier alpha value is -3.08. The predicted octanol–water partition coefficient (Wildman–Crippen LogP) is 3.27. The minimum atomic E-state index is 0.343. The summed E-state index contributed by atoms with van der Waals surface area (Å²) in [5.74, 6) is 1.07. The first-order valence-corrected chi connectivity index (χ1v) is 6.94. The Kier molecular flexibility index (Phi) is 4.15. The van der Waals surface area contributed by atoms with Crippen LogP contribution in [0.25, 0.3) is 11.3 Å². The highest BCUT2D eigenvalue weighted by molar-refractivity contribution is 5.92. The number of rotatable bonds is 4. The first-order valence-electron chi connectivity index (χ1n) is 6.94. The summed E-state index contributed by atoms with van der Waals surface area (Å²) in [5.41, 5.74) is 8.47. The Morgan fingerprint density at radius 3 is 2.45 bits per heavy atom. The molecule has 0 unspecified atom stereocenters. The number of guanidine groups is 1. The lowest BCUT2D eigenvalue weighted by Crippen LogP contribution is -2.22. The Labute approximate surface area is 128 Å². The van der Waals surface area contributed by atoms with Gasteiger partial charge in [0.05, 0.1) is 6.54 Å². The van der Waals surface area contributed by atoms with Crippen LogP contribution in [0.2, 0.25) is 0 Å². The lowest BCUT2D eigenvalue weighted by Gasteiger charge is -2.03. The summed E-state index contributed by atoms with van der Waals surface area (Å²) in [6.07, 6.45) is 0. The van der Waals surface area contributed by atoms with Gasteiger partial charge in [-0.2, -0.15) is 0 Å². The zero-order valence-corrected chi connectivity index (χ0v) is 11.9. The van der Waals surface area contributed by atoms with Gasteiger partial charge in [-0.25, -0.2) is 4.99 Å². The molecular formula is C17H16N4O. The van der Waals surface area contributed by atoms with E-state index in [9.17, 15) is 0 Å². The molecule has 1 heterocycles. The smallest absolute Gasteiger partial charge is 0.193 e. The molecule has 0 aliphatic carbocycles. The monoisotopic (exact) mass is 292 g/mol. The Balaban J connectivity index is 1.64. The summed E-state index contributed by atoms with van der Waals surface area (Å²) in [4.78, 5) is 4.26. The van der Waals surface area contributed by atoms with Crippen LogP contribution in [0.15, 0.2) is 76.2 Å². The van der Waals surface area contributed by atoms with E-state index in [2.05, 4.69) is 15.5 Å². The van der Waals surface area contributed by atoms with Crippen molar-refractivity contribution in [2.45, 2.75) is 6.54 Å². The molecule has 3 aromatic rings. The first-order chi connectivity index (χ1) is 10.8. The zero-order chi connectivity index (χ0) is 15.2. The fourth-order valence-corrected chi connectivity index (χ4v) is 2.00. The van der Waals surface area contributed by atoms with E-state index in [4.69, 9.17) is 10.3 Å². The number of hydrogen-bond acceptors (Lipinski definition) is 3. The lowest BCUT2D eigenvalue weighted by atomic mass is 10.2. The van der Waals surface area contributed by atoms with E-state index >= 15 is 0 Å². The van der Waals surface area contributed by atoms with E-state index in [0.29, 0.717) is 12.5 Å². The highest BCUT2D eigenvalue weighted by atomic mass is 16.5. The van der Waals surface area contributed by atoms with Crippen molar-refractivity contribution in [3.63, 3.8) is 0 Å². The molecule has 0 atom stereocenters. The number of nitrogens with one attached hydrogen (secondary N) is 1. The number of hydrogen-bond donors (Lipinski definition) is 2. The summed E-state index contributed by atoms with van der Waals surface area (Å²) in [5, 5.41) is 7.03. The standard InChI is InChI=1S/C17H16N4O/c18-17(20-14-9-5-2-6-10-14)19-12-15-11-16(22-21-15)13-7-3-1-4-8-13/h1-11H,12H2,(H3,18,19,20). The summed E-state index contributed by atoms with van der Waals surface area (Å²) in [6, 6.07) is 21.3. The largest absolute Gasteiger partial charge is 0.370 e. The Bertz CT molecular complexity index is 751. The van der Waals surface area contributed by atoms with Crippen LogP contribution in [-0.2, 0) is 6.54 Å². The van der Waals surface area contributed by atoms with Crippen LogP contribution in [0.3, 0.4) is 0 Å². The SMILES string of the molecule is NC(=NCc1cc(-c2ccccc2)on1)Nc1ccccc1. The van der Waals surface area contributed by atoms with Crippen LogP contribution in [0.5, 0.6) is 0 Å². The van der Waals surface area contributed by atoms with Crippen LogP contribution < -0.4 is 11.1 Å². The summed E-state index contributed by atoms with van der Waals surface area (Å²) in [6.45, 7) is 0.363. The van der Waals surface area contributed by atoms with Crippen molar-refractivity contribution in [3.05, 3.63) is 72.4 Å². The molecule has 1 aromatic heterocycles. The van der Waals surface area contributed by atoms with Gasteiger partial charge in [-0.15, -0.1) is 0 Å². The number of nitrogens with two attached hydrogens (primary N) is 1. The predicted molar refractivity (Wildman–Crippen MR) is 87.3 cm³/mol. The van der Waals surface area contributed by atoms with Crippen molar-refractivity contribution >= 4 is 11.6 Å². The molecule has 0 saturated carbocycles. The van der Waals surface area contributed by atoms with Crippen molar-refractivity contribution < 1.29 is 4.52 Å². The molecule has 0 fully saturated rings. The van der Waals surface area contributed by atoms with Crippen LogP contribution in [0.4, 0.5) is 5.69 Å². The van der Waals surface area contributed by atoms with E-state index in [1.807, 2.05) is 66.7 Å². The fraction of sp³-hybridized carbons (Fsp3) is 0.0588.